The normalized spacial score (nSPS) is 26.2. The van der Waals surface area contributed by atoms with Crippen LogP contribution in [0, 0.1) is 35.5 Å². The van der Waals surface area contributed by atoms with Crippen LogP contribution < -0.4 is 15.5 Å². The lowest BCUT2D eigenvalue weighted by atomic mass is 9.85. The van der Waals surface area contributed by atoms with E-state index in [0.29, 0.717) is 42.1 Å². The zero-order valence-corrected chi connectivity index (χ0v) is 38.0. The predicted molar refractivity (Wildman–Crippen MR) is 244 cm³/mol. The van der Waals surface area contributed by atoms with Gasteiger partial charge >= 0.3 is 0 Å². The number of carbonyl (C=O) groups is 3. The highest BCUT2D eigenvalue weighted by atomic mass is 19.3. The number of imide groups is 1. The van der Waals surface area contributed by atoms with Crippen LogP contribution in [0.5, 0.6) is 0 Å². The van der Waals surface area contributed by atoms with Crippen LogP contribution >= 0.6 is 0 Å². The van der Waals surface area contributed by atoms with Crippen molar-refractivity contribution in [2.45, 2.75) is 101 Å². The molecule has 2 saturated carbocycles. The van der Waals surface area contributed by atoms with Gasteiger partial charge in [-0.1, -0.05) is 30.9 Å². The number of alkyl halides is 3. The van der Waals surface area contributed by atoms with Gasteiger partial charge in [-0.2, -0.15) is 15.3 Å². The van der Waals surface area contributed by atoms with Gasteiger partial charge in [0.1, 0.15) is 24.2 Å². The number of amides is 3. The fourth-order valence-corrected chi connectivity index (χ4v) is 11.1. The van der Waals surface area contributed by atoms with Crippen molar-refractivity contribution in [3.8, 4) is 11.8 Å². The van der Waals surface area contributed by atoms with E-state index in [-0.39, 0.29) is 60.6 Å². The summed E-state index contributed by atoms with van der Waals surface area (Å²) < 4.78 is 61.0. The topological polar surface area (TPSA) is 166 Å². The van der Waals surface area contributed by atoms with Crippen LogP contribution in [-0.4, -0.2) is 122 Å². The van der Waals surface area contributed by atoms with Crippen LogP contribution in [0.3, 0.4) is 0 Å². The average Bonchev–Trinajstić information content (AvgIpc) is 3.71. The summed E-state index contributed by atoms with van der Waals surface area (Å²) in [6, 6.07) is 7.77. The number of likely N-dealkylation sites (tertiary alicyclic amines) is 1. The molecule has 0 radical (unpaired) electrons. The number of hydrogen-bond donors (Lipinski definition) is 2. The number of para-hydroxylation sites is 1. The maximum Gasteiger partial charge on any atom is 0.284 e. The van der Waals surface area contributed by atoms with Crippen molar-refractivity contribution in [3.63, 3.8) is 0 Å². The van der Waals surface area contributed by atoms with Crippen LogP contribution in [0.2, 0.25) is 0 Å². The summed E-state index contributed by atoms with van der Waals surface area (Å²) in [5.41, 5.74) is 2.33. The molecule has 2 aliphatic carbocycles. The van der Waals surface area contributed by atoms with Crippen LogP contribution in [-0.2, 0) is 19.1 Å². The van der Waals surface area contributed by atoms with Gasteiger partial charge in [0.2, 0.25) is 11.8 Å². The molecule has 0 bridgehead atoms. The molecule has 8 heterocycles. The van der Waals surface area contributed by atoms with E-state index in [2.05, 4.69) is 42.5 Å². The van der Waals surface area contributed by atoms with E-state index < -0.39 is 36.2 Å². The lowest BCUT2D eigenvalue weighted by Gasteiger charge is -2.43. The molecule has 16 nitrogen and oxygen atoms in total. The molecule has 4 aliphatic heterocycles. The Morgan fingerprint density at radius 2 is 1.79 bits per heavy atom. The molecular formula is C49H56F3N11O5. The Labute approximate surface area is 391 Å². The summed E-state index contributed by atoms with van der Waals surface area (Å²) in [6.45, 7) is 7.16. The largest absolute Gasteiger partial charge is 0.381 e. The molecule has 0 spiro atoms. The van der Waals surface area contributed by atoms with E-state index >= 15 is 4.39 Å². The number of piperidine rings is 2. The van der Waals surface area contributed by atoms with Crippen LogP contribution in [0.4, 0.5) is 24.7 Å². The molecule has 4 saturated heterocycles. The minimum atomic E-state index is -2.89. The Bertz CT molecular complexity index is 2760. The highest BCUT2D eigenvalue weighted by Crippen LogP contribution is 2.41. The zero-order valence-electron chi connectivity index (χ0n) is 38.0. The van der Waals surface area contributed by atoms with Crippen molar-refractivity contribution in [3.05, 3.63) is 65.4 Å². The predicted octanol–water partition coefficient (Wildman–Crippen LogP) is 6.25. The van der Waals surface area contributed by atoms with Crippen molar-refractivity contribution in [1.29, 1.82) is 0 Å². The number of hydrogen-bond acceptors (Lipinski definition) is 11. The van der Waals surface area contributed by atoms with Gasteiger partial charge in [0.05, 0.1) is 66.0 Å². The first-order valence-corrected chi connectivity index (χ1v) is 24.2. The summed E-state index contributed by atoms with van der Waals surface area (Å²) in [5, 5.41) is 19.5. The summed E-state index contributed by atoms with van der Waals surface area (Å²) in [5.74, 6) is 6.89. The Morgan fingerprint density at radius 3 is 2.53 bits per heavy atom. The van der Waals surface area contributed by atoms with Crippen molar-refractivity contribution in [1.82, 2.24) is 44.4 Å². The standard InChI is InChI=1S/C49H56F3N11O5/c1-28-20-59(24-38(50)45(28)68-17-3-5-32-4-2-6-35-42(36-13-14-41(64)56-48(36)65)58-63(44(32)35)34-11-12-34)21-29-7-9-33(10-8-29)62-25-39(43(57-62)46(51)52)54-49(66)37-19-53-61-16-15-40(55-47(37)61)60-22-30(23-60)18-31-26-67-27-31/h2,4,6,15-16,19,25,28-31,33-34,36,38,45-46H,7-14,17-18,20-24,26-27H2,1H3,(H,54,66)(H,56,64,65)/t28-,29?,33?,36?,38+,45-/m1/s1. The van der Waals surface area contributed by atoms with Crippen molar-refractivity contribution >= 4 is 45.8 Å². The van der Waals surface area contributed by atoms with Crippen molar-refractivity contribution < 1.29 is 37.0 Å². The fraction of sp³-hybridized carbons (Fsp3) is 0.571. The van der Waals surface area contributed by atoms with Gasteiger partial charge in [0, 0.05) is 62.8 Å². The molecule has 1 aromatic carbocycles. The van der Waals surface area contributed by atoms with Crippen LogP contribution in [0.25, 0.3) is 16.6 Å². The Kier molecular flexibility index (Phi) is 12.2. The number of anilines is 2. The first-order chi connectivity index (χ1) is 33.0. The first kappa shape index (κ1) is 44.7. The number of fused-ring (bicyclic) bond motifs is 2. The summed E-state index contributed by atoms with van der Waals surface area (Å²) in [6.07, 6.45) is 6.89. The summed E-state index contributed by atoms with van der Waals surface area (Å²) in [4.78, 5) is 47.3. The minimum absolute atomic E-state index is 0.0359. The van der Waals surface area contributed by atoms with E-state index in [1.165, 1.54) is 16.9 Å². The molecule has 2 N–H and O–H groups in total. The van der Waals surface area contributed by atoms with Gasteiger partial charge in [0.15, 0.2) is 11.3 Å². The number of carbonyl (C=O) groups excluding carboxylic acids is 3. The second kappa shape index (κ2) is 18.6. The van der Waals surface area contributed by atoms with Gasteiger partial charge in [-0.3, -0.25) is 34.0 Å². The number of halogens is 3. The Balaban J connectivity index is 0.669. The number of ether oxygens (including phenoxy) is 2. The average molecular weight is 936 g/mol. The fourth-order valence-electron chi connectivity index (χ4n) is 11.1. The van der Waals surface area contributed by atoms with Gasteiger partial charge in [-0.25, -0.2) is 22.7 Å². The number of nitrogens with zero attached hydrogens (tertiary/aromatic N) is 9. The second-order valence-electron chi connectivity index (χ2n) is 19.9. The van der Waals surface area contributed by atoms with E-state index in [9.17, 15) is 23.2 Å². The highest BCUT2D eigenvalue weighted by Gasteiger charge is 2.39. The monoisotopic (exact) mass is 935 g/mol. The Morgan fingerprint density at radius 1 is 0.985 bits per heavy atom. The summed E-state index contributed by atoms with van der Waals surface area (Å²) >= 11 is 0. The molecule has 6 aliphatic rings. The lowest BCUT2D eigenvalue weighted by molar-refractivity contribution is -0.134. The second-order valence-corrected chi connectivity index (χ2v) is 19.9. The van der Waals surface area contributed by atoms with Gasteiger partial charge in [0.25, 0.3) is 12.3 Å². The molecule has 6 fully saturated rings. The maximum absolute atomic E-state index is 15.8. The van der Waals surface area contributed by atoms with E-state index in [4.69, 9.17) is 19.6 Å². The molecule has 11 rings (SSSR count). The molecule has 19 heteroatoms. The molecule has 5 aromatic rings. The van der Waals surface area contributed by atoms with E-state index in [1.807, 2.05) is 35.9 Å². The molecule has 1 unspecified atom stereocenters. The number of aromatic nitrogens is 7. The van der Waals surface area contributed by atoms with Gasteiger partial charge < -0.3 is 19.7 Å². The molecule has 358 valence electrons. The maximum atomic E-state index is 15.8. The van der Waals surface area contributed by atoms with E-state index in [0.717, 1.165) is 100 Å². The van der Waals surface area contributed by atoms with Gasteiger partial charge in [-0.15, -0.1) is 0 Å². The SMILES string of the molecule is C[C@@H]1CN(CC2CCC(n3cc(NC(=O)c4cnn5ccc(N6CC(CC7COC7)C6)nc45)c(C(F)F)n3)CC2)C[C@H](F)[C@@H]1OCC#Cc1cccc2c(C3CCC(=O)NC3=O)nn(C3CC3)c12. The number of benzene rings is 1. The Hall–Kier alpha value is -5.84. The van der Waals surface area contributed by atoms with E-state index in [1.54, 1.807) is 10.9 Å². The van der Waals surface area contributed by atoms with Crippen LogP contribution in [0.15, 0.2) is 42.9 Å². The highest BCUT2D eigenvalue weighted by molar-refractivity contribution is 6.08. The van der Waals surface area contributed by atoms with Crippen molar-refractivity contribution in [2.24, 2.45) is 23.7 Å². The third-order valence-corrected chi connectivity index (χ3v) is 14.9. The molecule has 4 atom stereocenters. The molecule has 68 heavy (non-hydrogen) atoms. The first-order valence-electron chi connectivity index (χ1n) is 24.2. The third kappa shape index (κ3) is 8.98. The lowest BCUT2D eigenvalue weighted by Crippen LogP contribution is -2.52. The van der Waals surface area contributed by atoms with Gasteiger partial charge in [-0.05, 0) is 81.3 Å². The minimum Gasteiger partial charge on any atom is -0.381 e. The number of nitrogens with one attached hydrogen (secondary N) is 2. The molecule has 4 aromatic heterocycles. The van der Waals surface area contributed by atoms with Crippen molar-refractivity contribution in [2.75, 3.05) is 62.8 Å². The zero-order chi connectivity index (χ0) is 46.6. The number of rotatable bonds is 13. The third-order valence-electron chi connectivity index (χ3n) is 14.9. The smallest absolute Gasteiger partial charge is 0.284 e. The summed E-state index contributed by atoms with van der Waals surface area (Å²) in [7, 11) is 0. The van der Waals surface area contributed by atoms with Crippen LogP contribution in [0.1, 0.15) is 116 Å². The molecule has 3 amide bonds. The quantitative estimate of drug-likeness (QED) is 0.101. The molecular weight excluding hydrogens is 880 g/mol.